The molecule has 2 fully saturated rings. The molecule has 0 spiro atoms. The van der Waals surface area contributed by atoms with Crippen molar-refractivity contribution in [2.24, 2.45) is 17.8 Å². The summed E-state index contributed by atoms with van der Waals surface area (Å²) in [5.41, 5.74) is 2.95. The third-order valence-electron chi connectivity index (χ3n) is 9.29. The minimum Gasteiger partial charge on any atom is -0.485 e. The number of ether oxygens (including phenoxy) is 6. The number of carbonyl (C=O) groups excluding carboxylic acids is 3. The highest BCUT2D eigenvalue weighted by atomic mass is 16.6. The average molecular weight is 704 g/mol. The predicted molar refractivity (Wildman–Crippen MR) is 190 cm³/mol. The molecule has 0 bridgehead atoms. The van der Waals surface area contributed by atoms with Crippen molar-refractivity contribution in [2.45, 2.75) is 39.1 Å². The van der Waals surface area contributed by atoms with Crippen LogP contribution in [0.3, 0.4) is 0 Å². The van der Waals surface area contributed by atoms with Gasteiger partial charge in [0.25, 0.3) is 0 Å². The quantitative estimate of drug-likeness (QED) is 0.140. The molecule has 1 saturated heterocycles. The minimum absolute atomic E-state index is 0.0127. The SMILES string of the molecule is COCC1CC1C(=O)OC(COC(=O)c1cc(OCc2ccccc2)c(OCc2ccccc2)cc1C)C[N+](C)(C)CCNC(=O)C1CCOC1. The fourth-order valence-electron chi connectivity index (χ4n) is 6.14. The Kier molecular flexibility index (Phi) is 13.5. The van der Waals surface area contributed by atoms with Crippen LogP contribution in [0.1, 0.15) is 39.9 Å². The Morgan fingerprint density at radius 1 is 0.941 bits per heavy atom. The van der Waals surface area contributed by atoms with Gasteiger partial charge in [0.05, 0.1) is 51.2 Å². The van der Waals surface area contributed by atoms with E-state index in [0.717, 1.165) is 17.5 Å². The van der Waals surface area contributed by atoms with Crippen molar-refractivity contribution in [2.75, 3.05) is 67.3 Å². The second-order valence-electron chi connectivity index (χ2n) is 14.1. The first kappa shape index (κ1) is 37.8. The number of hydrogen-bond acceptors (Lipinski definition) is 9. The highest BCUT2D eigenvalue weighted by Crippen LogP contribution is 2.40. The van der Waals surface area contributed by atoms with Crippen molar-refractivity contribution in [3.63, 3.8) is 0 Å². The van der Waals surface area contributed by atoms with Gasteiger partial charge in [-0.15, -0.1) is 0 Å². The van der Waals surface area contributed by atoms with Gasteiger partial charge in [-0.1, -0.05) is 60.7 Å². The molecule has 274 valence electrons. The van der Waals surface area contributed by atoms with Crippen LogP contribution in [0.5, 0.6) is 11.5 Å². The van der Waals surface area contributed by atoms with Crippen LogP contribution in [-0.2, 0) is 41.8 Å². The summed E-state index contributed by atoms with van der Waals surface area (Å²) in [6, 6.07) is 23.0. The number of carbonyl (C=O) groups is 3. The highest BCUT2D eigenvalue weighted by molar-refractivity contribution is 5.92. The molecule has 4 atom stereocenters. The van der Waals surface area contributed by atoms with Crippen LogP contribution >= 0.6 is 0 Å². The van der Waals surface area contributed by atoms with Crippen LogP contribution in [0.4, 0.5) is 0 Å². The van der Waals surface area contributed by atoms with Crippen LogP contribution in [0, 0.1) is 24.7 Å². The Bertz CT molecular complexity index is 1590. The lowest BCUT2D eigenvalue weighted by atomic mass is 10.1. The van der Waals surface area contributed by atoms with Crippen LogP contribution in [0.15, 0.2) is 72.8 Å². The molecule has 1 amide bonds. The van der Waals surface area contributed by atoms with E-state index in [0.29, 0.717) is 79.6 Å². The predicted octanol–water partition coefficient (Wildman–Crippen LogP) is 4.73. The molecule has 51 heavy (non-hydrogen) atoms. The van der Waals surface area contributed by atoms with Crippen molar-refractivity contribution in [1.29, 1.82) is 0 Å². The standard InChI is InChI=1S/C40H50N2O9/c1-28-19-36(48-23-29-11-7-5-8-12-29)37(49-24-30-13-9-6-10-14-30)21-34(28)39(44)50-27-33(51-40(45)35-20-32(35)25-46-4)22-42(2,3)17-16-41-38(43)31-15-18-47-26-31/h5-14,19,21,31-33,35H,15-18,20,22-27H2,1-4H3/p+1. The first-order chi connectivity index (χ1) is 24.6. The third-order valence-corrected chi connectivity index (χ3v) is 9.29. The molecule has 2 aliphatic rings. The number of hydrogen-bond donors (Lipinski definition) is 1. The van der Waals surface area contributed by atoms with Gasteiger partial charge in [0, 0.05) is 20.3 Å². The molecule has 0 aromatic heterocycles. The zero-order valence-corrected chi connectivity index (χ0v) is 30.1. The van der Waals surface area contributed by atoms with E-state index in [1.807, 2.05) is 81.7 Å². The molecule has 1 N–H and O–H groups in total. The number of rotatable bonds is 19. The molecular formula is C40H51N2O9+. The molecule has 4 unspecified atom stereocenters. The van der Waals surface area contributed by atoms with Crippen molar-refractivity contribution in [1.82, 2.24) is 5.32 Å². The summed E-state index contributed by atoms with van der Waals surface area (Å²) >= 11 is 0. The number of likely N-dealkylation sites (N-methyl/N-ethyl adjacent to an activating group) is 1. The number of benzene rings is 3. The zero-order chi connectivity index (χ0) is 36.2. The average Bonchev–Trinajstić information content (AvgIpc) is 3.67. The van der Waals surface area contributed by atoms with Gasteiger partial charge in [0.1, 0.15) is 26.4 Å². The molecule has 1 aliphatic carbocycles. The van der Waals surface area contributed by atoms with Gasteiger partial charge in [-0.25, -0.2) is 4.79 Å². The molecule has 5 rings (SSSR count). The smallest absolute Gasteiger partial charge is 0.338 e. The number of quaternary nitrogens is 1. The normalized spacial score (nSPS) is 18.8. The molecular weight excluding hydrogens is 652 g/mol. The molecule has 11 nitrogen and oxygen atoms in total. The molecule has 1 aliphatic heterocycles. The summed E-state index contributed by atoms with van der Waals surface area (Å²) in [6.07, 6.45) is 0.724. The van der Waals surface area contributed by atoms with Crippen LogP contribution in [0.25, 0.3) is 0 Å². The van der Waals surface area contributed by atoms with Gasteiger partial charge in [-0.3, -0.25) is 9.59 Å². The first-order valence-electron chi connectivity index (χ1n) is 17.6. The number of nitrogens with zero attached hydrogens (tertiary/aromatic N) is 1. The summed E-state index contributed by atoms with van der Waals surface area (Å²) in [5, 5.41) is 3.01. The Hall–Kier alpha value is -4.45. The van der Waals surface area contributed by atoms with E-state index in [-0.39, 0.29) is 42.8 Å². The number of nitrogens with one attached hydrogen (secondary N) is 1. The van der Waals surface area contributed by atoms with Gasteiger partial charge < -0.3 is 38.2 Å². The Morgan fingerprint density at radius 3 is 2.20 bits per heavy atom. The van der Waals surface area contributed by atoms with Gasteiger partial charge >= 0.3 is 11.9 Å². The topological polar surface area (TPSA) is 119 Å². The van der Waals surface area contributed by atoms with Crippen molar-refractivity contribution in [3.8, 4) is 11.5 Å². The van der Waals surface area contributed by atoms with Crippen LogP contribution in [0.2, 0.25) is 0 Å². The fraction of sp³-hybridized carbons (Fsp3) is 0.475. The molecule has 1 heterocycles. The van der Waals surface area contributed by atoms with E-state index >= 15 is 0 Å². The third kappa shape index (κ3) is 11.5. The summed E-state index contributed by atoms with van der Waals surface area (Å²) in [4.78, 5) is 39.3. The lowest BCUT2D eigenvalue weighted by molar-refractivity contribution is -0.892. The van der Waals surface area contributed by atoms with E-state index in [1.165, 1.54) is 0 Å². The number of methoxy groups -OCH3 is 1. The number of amides is 1. The largest absolute Gasteiger partial charge is 0.485 e. The Morgan fingerprint density at radius 2 is 1.59 bits per heavy atom. The molecule has 1 saturated carbocycles. The van der Waals surface area contributed by atoms with E-state index in [2.05, 4.69) is 5.32 Å². The van der Waals surface area contributed by atoms with Gasteiger partial charge in [0.2, 0.25) is 5.91 Å². The van der Waals surface area contributed by atoms with E-state index < -0.39 is 12.1 Å². The lowest BCUT2D eigenvalue weighted by Gasteiger charge is -2.33. The maximum Gasteiger partial charge on any atom is 0.338 e. The Balaban J connectivity index is 1.26. The molecule has 0 radical (unpaired) electrons. The monoisotopic (exact) mass is 703 g/mol. The van der Waals surface area contributed by atoms with Crippen molar-refractivity contribution < 1.29 is 47.3 Å². The van der Waals surface area contributed by atoms with Gasteiger partial charge in [-0.2, -0.15) is 0 Å². The van der Waals surface area contributed by atoms with Crippen LogP contribution < -0.4 is 14.8 Å². The molecule has 3 aromatic rings. The molecule has 3 aromatic carbocycles. The maximum atomic E-state index is 13.7. The fourth-order valence-corrected chi connectivity index (χ4v) is 6.14. The summed E-state index contributed by atoms with van der Waals surface area (Å²) in [7, 11) is 5.60. The zero-order valence-electron chi connectivity index (χ0n) is 30.1. The second kappa shape index (κ2) is 18.2. The molecule has 11 heteroatoms. The number of esters is 2. The van der Waals surface area contributed by atoms with Crippen molar-refractivity contribution in [3.05, 3.63) is 95.1 Å². The van der Waals surface area contributed by atoms with E-state index in [1.54, 1.807) is 19.2 Å². The summed E-state index contributed by atoms with van der Waals surface area (Å²) in [6.45, 7) is 5.25. The van der Waals surface area contributed by atoms with E-state index in [9.17, 15) is 14.4 Å². The maximum absolute atomic E-state index is 13.7. The van der Waals surface area contributed by atoms with E-state index in [4.69, 9.17) is 28.4 Å². The first-order valence-corrected chi connectivity index (χ1v) is 17.6. The lowest BCUT2D eigenvalue weighted by Crippen LogP contribution is -2.51. The number of aryl methyl sites for hydroxylation is 1. The van der Waals surface area contributed by atoms with Crippen molar-refractivity contribution >= 4 is 17.8 Å². The minimum atomic E-state index is -0.707. The summed E-state index contributed by atoms with van der Waals surface area (Å²) in [5.74, 6) is -0.197. The summed E-state index contributed by atoms with van der Waals surface area (Å²) < 4.78 is 35.2. The van der Waals surface area contributed by atoms with Gasteiger partial charge in [-0.05, 0) is 54.5 Å². The second-order valence-corrected chi connectivity index (χ2v) is 14.1. The Labute approximate surface area is 300 Å². The van der Waals surface area contributed by atoms with Crippen LogP contribution in [-0.4, -0.2) is 95.7 Å². The highest BCUT2D eigenvalue weighted by Gasteiger charge is 2.45. The van der Waals surface area contributed by atoms with Gasteiger partial charge in [0.15, 0.2) is 17.6 Å².